The van der Waals surface area contributed by atoms with Crippen molar-refractivity contribution in [2.24, 2.45) is 71.6 Å². The SMILES string of the molecule is CCCN(c1ncc([N+](=O)[O-])cc1[N+](=O)[O-])C(O)C(=O)NC(C(=O)NC(N=C(N)N)C(=O)NC(N=C(N)N)C(=O)NC(N=C(N)N)C(=O)NC(N=C(N)N)C(N)=O)c1ccccc1. The number of carbonyl (C=O) groups is 6. The Labute approximate surface area is 353 Å². The molecule has 6 amide bonds. The number of aliphatic hydroxyl groups is 1. The molecule has 1 heterocycles. The zero-order chi connectivity index (χ0) is 47.7. The number of guanidine groups is 4. The van der Waals surface area contributed by atoms with Crippen LogP contribution in [0.2, 0.25) is 0 Å². The van der Waals surface area contributed by atoms with Gasteiger partial charge in [-0.05, 0) is 12.0 Å². The summed E-state index contributed by atoms with van der Waals surface area (Å²) >= 11 is 0. The molecule has 24 N–H and O–H groups in total. The Hall–Kier alpha value is -9.17. The molecule has 0 aliphatic heterocycles. The fourth-order valence-corrected chi connectivity index (χ4v) is 4.87. The molecule has 0 fully saturated rings. The number of hydrogen-bond donors (Lipinski definition) is 15. The third kappa shape index (κ3) is 15.2. The van der Waals surface area contributed by atoms with Gasteiger partial charge >= 0.3 is 5.69 Å². The summed E-state index contributed by atoms with van der Waals surface area (Å²) < 4.78 is 0. The number of nitro groups is 2. The minimum atomic E-state index is -2.33. The van der Waals surface area contributed by atoms with Crippen LogP contribution in [0.15, 0.2) is 62.6 Å². The molecule has 2 rings (SSSR count). The lowest BCUT2D eigenvalue weighted by molar-refractivity contribution is -0.394. The van der Waals surface area contributed by atoms with E-state index in [4.69, 9.17) is 51.6 Å². The Morgan fingerprint density at radius 1 is 0.667 bits per heavy atom. The first-order valence-electron chi connectivity index (χ1n) is 17.4. The highest BCUT2D eigenvalue weighted by atomic mass is 16.6. The lowest BCUT2D eigenvalue weighted by Crippen LogP contribution is -2.58. The van der Waals surface area contributed by atoms with Gasteiger partial charge in [0.2, 0.25) is 42.6 Å². The highest BCUT2D eigenvalue weighted by Gasteiger charge is 2.36. The van der Waals surface area contributed by atoms with E-state index in [0.717, 1.165) is 4.90 Å². The molecule has 1 aromatic heterocycles. The maximum absolute atomic E-state index is 13.9. The molecule has 0 saturated heterocycles. The van der Waals surface area contributed by atoms with Crippen molar-refractivity contribution in [1.29, 1.82) is 0 Å². The fourth-order valence-electron chi connectivity index (χ4n) is 4.87. The number of aromatic nitrogens is 1. The Morgan fingerprint density at radius 2 is 1.10 bits per heavy atom. The molecular weight excluding hydrogens is 844 g/mol. The zero-order valence-electron chi connectivity index (χ0n) is 32.7. The Morgan fingerprint density at radius 3 is 1.49 bits per heavy atom. The van der Waals surface area contributed by atoms with Gasteiger partial charge in [0.05, 0.1) is 15.9 Å². The van der Waals surface area contributed by atoms with Gasteiger partial charge in [0, 0.05) is 6.54 Å². The number of amides is 6. The summed E-state index contributed by atoms with van der Waals surface area (Å²) in [4.78, 5) is 119. The number of aliphatic imine (C=N–C) groups is 4. The minimum absolute atomic E-state index is 0.0149. The quantitative estimate of drug-likeness (QED) is 0.0172. The van der Waals surface area contributed by atoms with E-state index in [2.05, 4.69) is 35.6 Å². The fraction of sp³-hybridized carbons (Fsp3) is 0.300. The van der Waals surface area contributed by atoms with E-state index in [1.54, 1.807) is 6.92 Å². The molecule has 33 heteroatoms. The lowest BCUT2D eigenvalue weighted by atomic mass is 10.1. The van der Waals surface area contributed by atoms with Crippen LogP contribution in [0, 0.1) is 20.2 Å². The maximum atomic E-state index is 13.9. The van der Waals surface area contributed by atoms with Crippen molar-refractivity contribution in [3.8, 4) is 0 Å². The molecular formula is C30H44N22O11. The minimum Gasteiger partial charge on any atom is -0.370 e. The van der Waals surface area contributed by atoms with E-state index in [0.29, 0.717) is 12.3 Å². The molecule has 0 spiro atoms. The molecule has 0 radical (unpaired) electrons. The van der Waals surface area contributed by atoms with E-state index in [1.165, 1.54) is 30.3 Å². The van der Waals surface area contributed by atoms with Gasteiger partial charge in [-0.15, -0.1) is 0 Å². The van der Waals surface area contributed by atoms with Crippen molar-refractivity contribution in [2.75, 3.05) is 11.4 Å². The van der Waals surface area contributed by atoms with Gasteiger partial charge in [-0.2, -0.15) is 0 Å². The number of nitrogens with one attached hydrogen (secondary N) is 5. The smallest absolute Gasteiger partial charge is 0.318 e. The Bertz CT molecular complexity index is 2170. The van der Waals surface area contributed by atoms with Gasteiger partial charge in [-0.25, -0.2) is 25.0 Å². The topological polar surface area (TPSA) is 569 Å². The summed E-state index contributed by atoms with van der Waals surface area (Å²) in [5.74, 6) is -11.9. The van der Waals surface area contributed by atoms with Crippen LogP contribution in [0.5, 0.6) is 0 Å². The second-order valence-electron chi connectivity index (χ2n) is 12.2. The summed E-state index contributed by atoms with van der Waals surface area (Å²) in [6.45, 7) is 1.30. The second kappa shape index (κ2) is 22.8. The average Bonchev–Trinajstić information content (AvgIpc) is 3.19. The third-order valence-corrected chi connectivity index (χ3v) is 7.43. The summed E-state index contributed by atoms with van der Waals surface area (Å²) in [5.41, 5.74) is 46.7. The maximum Gasteiger partial charge on any atom is 0.318 e. The van der Waals surface area contributed by atoms with Crippen LogP contribution in [0.4, 0.5) is 17.2 Å². The van der Waals surface area contributed by atoms with Crippen molar-refractivity contribution in [3.63, 3.8) is 0 Å². The summed E-state index contributed by atoms with van der Waals surface area (Å²) in [5, 5.41) is 44.7. The Kier molecular flexibility index (Phi) is 18.1. The predicted molar refractivity (Wildman–Crippen MR) is 219 cm³/mol. The molecule has 0 saturated carbocycles. The third-order valence-electron chi connectivity index (χ3n) is 7.43. The molecule has 2 aromatic rings. The standard InChI is InChI=1S/C30H44N22O11/c1-2-8-50(20-13(52(62)63)9-12(10-40-20)51(60)61)26(59)25(58)41-14(11-6-4-3-5-7-11)21(54)43-17(47-28(34)35)23(56)45-19(49-30(38)39)24(57)44-18(48-29(36)37)22(55)42-16(15(31)53)46-27(32)33/h3-7,9-10,14,16-19,26,59H,2,8H2,1H3,(H2,31,53)(H,41,58)(H,42,55)(H,43,54)(H,44,57)(H,45,56)(H4,32,33,46)(H4,34,35,47)(H4,36,37,48)(H4,38,39,49). The number of anilines is 1. The molecule has 6 atom stereocenters. The number of hydrogen-bond acceptors (Lipinski definition) is 17. The van der Waals surface area contributed by atoms with Crippen LogP contribution < -0.4 is 83.1 Å². The van der Waals surface area contributed by atoms with E-state index >= 15 is 0 Å². The number of carbonyl (C=O) groups excluding carboxylic acids is 6. The van der Waals surface area contributed by atoms with Crippen molar-refractivity contribution >= 4 is 76.5 Å². The molecule has 0 aliphatic carbocycles. The zero-order valence-corrected chi connectivity index (χ0v) is 32.7. The average molecular weight is 889 g/mol. The summed E-state index contributed by atoms with van der Waals surface area (Å²) in [6, 6.07) is 5.84. The van der Waals surface area contributed by atoms with Crippen LogP contribution >= 0.6 is 0 Å². The molecule has 63 heavy (non-hydrogen) atoms. The number of nitrogens with zero attached hydrogens (tertiary/aromatic N) is 8. The van der Waals surface area contributed by atoms with Crippen molar-refractivity contribution in [1.82, 2.24) is 31.6 Å². The van der Waals surface area contributed by atoms with Crippen molar-refractivity contribution in [2.45, 2.75) is 50.3 Å². The molecule has 6 unspecified atom stereocenters. The van der Waals surface area contributed by atoms with E-state index < -0.39 is 123 Å². The van der Waals surface area contributed by atoms with Gasteiger partial charge in [0.1, 0.15) is 12.2 Å². The van der Waals surface area contributed by atoms with Crippen LogP contribution in [0.3, 0.4) is 0 Å². The van der Waals surface area contributed by atoms with Gasteiger partial charge in [-0.1, -0.05) is 37.3 Å². The highest BCUT2D eigenvalue weighted by molar-refractivity contribution is 5.99. The lowest BCUT2D eigenvalue weighted by Gasteiger charge is -2.29. The molecule has 0 aliphatic rings. The highest BCUT2D eigenvalue weighted by Crippen LogP contribution is 2.30. The van der Waals surface area contributed by atoms with Gasteiger partial charge < -0.3 is 88.2 Å². The number of pyridine rings is 1. The number of aliphatic hydroxyl groups excluding tert-OH is 1. The first-order valence-corrected chi connectivity index (χ1v) is 17.4. The van der Waals surface area contributed by atoms with E-state index in [-0.39, 0.29) is 18.5 Å². The largest absolute Gasteiger partial charge is 0.370 e. The van der Waals surface area contributed by atoms with Crippen molar-refractivity contribution in [3.05, 3.63) is 68.4 Å². The molecule has 33 nitrogen and oxygen atoms in total. The number of rotatable bonds is 22. The van der Waals surface area contributed by atoms with Crippen LogP contribution in [0.1, 0.15) is 24.9 Å². The van der Waals surface area contributed by atoms with Crippen LogP contribution in [-0.4, -0.2) is 117 Å². The summed E-state index contributed by atoms with van der Waals surface area (Å²) in [7, 11) is 0. The molecule has 0 bridgehead atoms. The molecule has 1 aromatic carbocycles. The van der Waals surface area contributed by atoms with Crippen LogP contribution in [0.25, 0.3) is 0 Å². The monoisotopic (exact) mass is 888 g/mol. The first kappa shape index (κ1) is 50.0. The van der Waals surface area contributed by atoms with Gasteiger partial charge in [-0.3, -0.25) is 49.0 Å². The molecule has 340 valence electrons. The van der Waals surface area contributed by atoms with Gasteiger partial charge in [0.25, 0.3) is 35.2 Å². The first-order chi connectivity index (χ1) is 29.5. The summed E-state index contributed by atoms with van der Waals surface area (Å²) in [6.07, 6.45) is -9.89. The second-order valence-corrected chi connectivity index (χ2v) is 12.2. The van der Waals surface area contributed by atoms with E-state index in [1.807, 2.05) is 16.0 Å². The number of nitrogens with two attached hydrogens (primary N) is 9. The van der Waals surface area contributed by atoms with Gasteiger partial charge in [0.15, 0.2) is 23.8 Å². The van der Waals surface area contributed by atoms with Crippen LogP contribution in [-0.2, 0) is 28.8 Å². The normalized spacial score (nSPS) is 13.2. The van der Waals surface area contributed by atoms with E-state index in [9.17, 15) is 54.1 Å². The number of benzene rings is 1. The Balaban J connectivity index is 2.50. The van der Waals surface area contributed by atoms with Crippen molar-refractivity contribution < 1.29 is 43.7 Å². The number of primary amides is 1. The predicted octanol–water partition coefficient (Wildman–Crippen LogP) is -8.36.